The van der Waals surface area contributed by atoms with E-state index in [-0.39, 0.29) is 0 Å². The molecule has 0 atom stereocenters. The summed E-state index contributed by atoms with van der Waals surface area (Å²) >= 11 is 0. The molecule has 2 N–H and O–H groups in total. The third-order valence-corrected chi connectivity index (χ3v) is 3.91. The van der Waals surface area contributed by atoms with Gasteiger partial charge in [0.05, 0.1) is 11.9 Å². The number of hydrogen-bond acceptors (Lipinski definition) is 2. The van der Waals surface area contributed by atoms with Crippen LogP contribution in [-0.2, 0) is 26.4 Å². The highest BCUT2D eigenvalue weighted by Crippen LogP contribution is 2.29. The van der Waals surface area contributed by atoms with E-state index in [1.165, 1.54) is 47.9 Å². The number of fused-ring (bicyclic) bond motifs is 1. The number of nitrogens with zero attached hydrogens (tertiary/aromatic N) is 2. The van der Waals surface area contributed by atoms with E-state index in [0.717, 1.165) is 5.69 Å². The number of benzene rings is 1. The van der Waals surface area contributed by atoms with E-state index in [2.05, 4.69) is 23.3 Å². The van der Waals surface area contributed by atoms with Crippen LogP contribution >= 0.6 is 0 Å². The van der Waals surface area contributed by atoms with Crippen molar-refractivity contribution >= 4 is 0 Å². The Morgan fingerprint density at radius 1 is 1.22 bits per heavy atom. The van der Waals surface area contributed by atoms with Gasteiger partial charge >= 0.3 is 0 Å². The van der Waals surface area contributed by atoms with Gasteiger partial charge in [-0.1, -0.05) is 18.2 Å². The lowest BCUT2D eigenvalue weighted by atomic mass is 9.89. The van der Waals surface area contributed by atoms with Crippen LogP contribution in [0.1, 0.15) is 29.7 Å². The van der Waals surface area contributed by atoms with Crippen molar-refractivity contribution in [2.45, 2.75) is 32.2 Å². The molecule has 0 unspecified atom stereocenters. The molecule has 3 rings (SSSR count). The van der Waals surface area contributed by atoms with Gasteiger partial charge in [-0.3, -0.25) is 4.68 Å². The minimum Gasteiger partial charge on any atom is -0.325 e. The first-order valence-electron chi connectivity index (χ1n) is 6.62. The van der Waals surface area contributed by atoms with Crippen molar-refractivity contribution < 1.29 is 0 Å². The molecular formula is C15H19N3. The van der Waals surface area contributed by atoms with Gasteiger partial charge in [-0.15, -0.1) is 0 Å². The quantitative estimate of drug-likeness (QED) is 0.877. The molecule has 94 valence electrons. The maximum atomic E-state index is 5.81. The number of nitrogens with two attached hydrogens (primary N) is 1. The number of aryl methyl sites for hydroxylation is 3. The Morgan fingerprint density at radius 3 is 2.78 bits per heavy atom. The highest BCUT2D eigenvalue weighted by atomic mass is 15.3. The Hall–Kier alpha value is -1.61. The Labute approximate surface area is 108 Å². The lowest BCUT2D eigenvalue weighted by molar-refractivity contribution is 0.686. The molecule has 0 aliphatic heterocycles. The molecule has 1 aliphatic rings. The van der Waals surface area contributed by atoms with Gasteiger partial charge in [-0.05, 0) is 42.4 Å². The summed E-state index contributed by atoms with van der Waals surface area (Å²) in [4.78, 5) is 0. The normalized spacial score (nSPS) is 14.6. The molecular weight excluding hydrogens is 222 g/mol. The van der Waals surface area contributed by atoms with Gasteiger partial charge in [-0.25, -0.2) is 0 Å². The summed E-state index contributed by atoms with van der Waals surface area (Å²) in [6.45, 7) is 0.531. The van der Waals surface area contributed by atoms with Crippen LogP contribution in [0.25, 0.3) is 11.1 Å². The summed E-state index contributed by atoms with van der Waals surface area (Å²) in [6, 6.07) is 6.81. The first-order chi connectivity index (χ1) is 8.79. The third kappa shape index (κ3) is 1.85. The highest BCUT2D eigenvalue weighted by molar-refractivity contribution is 5.67. The molecule has 0 amide bonds. The zero-order valence-corrected chi connectivity index (χ0v) is 10.8. The van der Waals surface area contributed by atoms with Crippen LogP contribution in [0.3, 0.4) is 0 Å². The van der Waals surface area contributed by atoms with Crippen LogP contribution in [0.2, 0.25) is 0 Å². The van der Waals surface area contributed by atoms with E-state index in [1.54, 1.807) is 0 Å². The van der Waals surface area contributed by atoms with Crippen LogP contribution in [0.4, 0.5) is 0 Å². The largest absolute Gasteiger partial charge is 0.325 e. The van der Waals surface area contributed by atoms with E-state index in [9.17, 15) is 0 Å². The Kier molecular flexibility index (Phi) is 2.92. The van der Waals surface area contributed by atoms with Gasteiger partial charge in [0.25, 0.3) is 0 Å². The predicted octanol–water partition coefficient (Wildman–Crippen LogP) is 2.42. The number of hydrogen-bond donors (Lipinski definition) is 1. The summed E-state index contributed by atoms with van der Waals surface area (Å²) in [5.74, 6) is 0. The first kappa shape index (κ1) is 11.5. The summed E-state index contributed by atoms with van der Waals surface area (Å²) in [7, 11) is 1.95. The zero-order chi connectivity index (χ0) is 12.5. The molecule has 1 heterocycles. The molecule has 0 saturated carbocycles. The van der Waals surface area contributed by atoms with Crippen molar-refractivity contribution in [1.82, 2.24) is 9.78 Å². The monoisotopic (exact) mass is 241 g/mol. The van der Waals surface area contributed by atoms with Gasteiger partial charge in [0, 0.05) is 19.2 Å². The van der Waals surface area contributed by atoms with Crippen molar-refractivity contribution in [3.05, 3.63) is 41.2 Å². The molecule has 18 heavy (non-hydrogen) atoms. The van der Waals surface area contributed by atoms with E-state index < -0.39 is 0 Å². The first-order valence-corrected chi connectivity index (χ1v) is 6.62. The maximum absolute atomic E-state index is 5.81. The molecule has 1 aromatic heterocycles. The molecule has 2 aromatic rings. The van der Waals surface area contributed by atoms with E-state index in [4.69, 9.17) is 5.73 Å². The fraction of sp³-hybridized carbons (Fsp3) is 0.400. The molecule has 1 aromatic carbocycles. The highest BCUT2D eigenvalue weighted by Gasteiger charge is 2.13. The Bertz CT molecular complexity index is 569. The van der Waals surface area contributed by atoms with Crippen molar-refractivity contribution in [2.24, 2.45) is 12.8 Å². The molecule has 0 saturated heterocycles. The van der Waals surface area contributed by atoms with Gasteiger partial charge < -0.3 is 5.73 Å². The molecule has 1 aliphatic carbocycles. The van der Waals surface area contributed by atoms with Crippen molar-refractivity contribution in [2.75, 3.05) is 0 Å². The second kappa shape index (κ2) is 4.58. The van der Waals surface area contributed by atoms with Crippen LogP contribution in [0, 0.1) is 0 Å². The van der Waals surface area contributed by atoms with Crippen LogP contribution < -0.4 is 5.73 Å². The second-order valence-corrected chi connectivity index (χ2v) is 5.02. The smallest absolute Gasteiger partial charge is 0.0594 e. The van der Waals surface area contributed by atoms with Crippen LogP contribution in [0.15, 0.2) is 24.4 Å². The molecule has 3 nitrogen and oxygen atoms in total. The van der Waals surface area contributed by atoms with Crippen molar-refractivity contribution in [1.29, 1.82) is 0 Å². The number of aromatic nitrogens is 2. The van der Waals surface area contributed by atoms with Crippen LogP contribution in [-0.4, -0.2) is 9.78 Å². The summed E-state index contributed by atoms with van der Waals surface area (Å²) in [6.07, 6.45) is 7.00. The van der Waals surface area contributed by atoms with Crippen molar-refractivity contribution in [3.8, 4) is 11.1 Å². The lowest BCUT2D eigenvalue weighted by Crippen LogP contribution is -2.06. The fourth-order valence-electron chi connectivity index (χ4n) is 2.85. The topological polar surface area (TPSA) is 43.8 Å². The summed E-state index contributed by atoms with van der Waals surface area (Å²) in [5, 5.41) is 4.31. The van der Waals surface area contributed by atoms with Gasteiger partial charge in [0.2, 0.25) is 0 Å². The van der Waals surface area contributed by atoms with E-state index in [0.29, 0.717) is 6.54 Å². The lowest BCUT2D eigenvalue weighted by Gasteiger charge is -2.16. The minimum absolute atomic E-state index is 0.531. The fourth-order valence-corrected chi connectivity index (χ4v) is 2.85. The average Bonchev–Trinajstić information content (AvgIpc) is 2.79. The van der Waals surface area contributed by atoms with E-state index in [1.807, 2.05) is 17.9 Å². The van der Waals surface area contributed by atoms with E-state index >= 15 is 0 Å². The standard InChI is InChI=1S/C15H19N3/c1-18-15(9-16)14(10-17-18)13-7-6-11-4-2-3-5-12(11)8-13/h6-8,10H,2-5,9,16H2,1H3. The molecule has 0 fully saturated rings. The van der Waals surface area contributed by atoms with Gasteiger partial charge in [0.15, 0.2) is 0 Å². The second-order valence-electron chi connectivity index (χ2n) is 5.02. The minimum atomic E-state index is 0.531. The molecule has 0 spiro atoms. The average molecular weight is 241 g/mol. The molecule has 3 heteroatoms. The Morgan fingerprint density at radius 2 is 2.00 bits per heavy atom. The third-order valence-electron chi connectivity index (χ3n) is 3.91. The zero-order valence-electron chi connectivity index (χ0n) is 10.8. The molecule has 0 bridgehead atoms. The summed E-state index contributed by atoms with van der Waals surface area (Å²) in [5.41, 5.74) is 12.4. The van der Waals surface area contributed by atoms with Gasteiger partial charge in [0.1, 0.15) is 0 Å². The van der Waals surface area contributed by atoms with Crippen LogP contribution in [0.5, 0.6) is 0 Å². The molecule has 0 radical (unpaired) electrons. The van der Waals surface area contributed by atoms with Gasteiger partial charge in [-0.2, -0.15) is 5.10 Å². The predicted molar refractivity (Wildman–Crippen MR) is 73.2 cm³/mol. The summed E-state index contributed by atoms with van der Waals surface area (Å²) < 4.78 is 1.87. The maximum Gasteiger partial charge on any atom is 0.0594 e. The number of rotatable bonds is 2. The SMILES string of the molecule is Cn1ncc(-c2ccc3c(c2)CCCC3)c1CN. The Balaban J connectivity index is 2.06. The van der Waals surface area contributed by atoms with Crippen molar-refractivity contribution in [3.63, 3.8) is 0 Å².